The molecular weight excluding hydrogens is 244 g/mol. The quantitative estimate of drug-likeness (QED) is 0.786. The molecule has 20 heavy (non-hydrogen) atoms. The summed E-state index contributed by atoms with van der Waals surface area (Å²) in [6.07, 6.45) is 9.22. The zero-order valence-corrected chi connectivity index (χ0v) is 14.0. The van der Waals surface area contributed by atoms with Crippen LogP contribution in [0.25, 0.3) is 0 Å². The van der Waals surface area contributed by atoms with Crippen molar-refractivity contribution in [3.05, 3.63) is 11.6 Å². The highest BCUT2D eigenvalue weighted by Gasteiger charge is 2.27. The number of allylic oxidation sites excluding steroid dienone is 1. The molecule has 2 aliphatic rings. The van der Waals surface area contributed by atoms with E-state index in [1.807, 2.05) is 0 Å². The Kier molecular flexibility index (Phi) is 6.10. The van der Waals surface area contributed by atoms with Gasteiger partial charge in [0.25, 0.3) is 0 Å². The number of hydrogen-bond donors (Lipinski definition) is 1. The molecule has 1 saturated carbocycles. The van der Waals surface area contributed by atoms with E-state index in [0.717, 1.165) is 30.5 Å². The third-order valence-corrected chi connectivity index (χ3v) is 5.41. The maximum absolute atomic E-state index is 3.95. The monoisotopic (exact) mass is 278 g/mol. The molecule has 2 rings (SSSR count). The number of hydrogen-bond acceptors (Lipinski definition) is 2. The Hall–Kier alpha value is -0.340. The second-order valence-corrected chi connectivity index (χ2v) is 7.49. The van der Waals surface area contributed by atoms with Gasteiger partial charge in [0.05, 0.1) is 0 Å². The van der Waals surface area contributed by atoms with Crippen molar-refractivity contribution in [1.29, 1.82) is 0 Å². The average Bonchev–Trinajstić information content (AvgIpc) is 2.42. The highest BCUT2D eigenvalue weighted by molar-refractivity contribution is 4.96. The van der Waals surface area contributed by atoms with Crippen LogP contribution in [0.4, 0.5) is 0 Å². The van der Waals surface area contributed by atoms with Crippen LogP contribution in [0.1, 0.15) is 59.8 Å². The van der Waals surface area contributed by atoms with E-state index in [2.05, 4.69) is 44.0 Å². The fraction of sp³-hybridized carbons (Fsp3) is 0.889. The third kappa shape index (κ3) is 4.89. The van der Waals surface area contributed by atoms with Crippen LogP contribution in [0.2, 0.25) is 0 Å². The van der Waals surface area contributed by atoms with E-state index in [0.29, 0.717) is 0 Å². The second kappa shape index (κ2) is 7.61. The zero-order valence-electron chi connectivity index (χ0n) is 14.0. The van der Waals surface area contributed by atoms with E-state index in [9.17, 15) is 0 Å². The van der Waals surface area contributed by atoms with Crippen molar-refractivity contribution >= 4 is 0 Å². The number of nitrogens with zero attached hydrogens (tertiary/aromatic N) is 1. The summed E-state index contributed by atoms with van der Waals surface area (Å²) in [6, 6.07) is 1.55. The molecule has 0 aromatic carbocycles. The Morgan fingerprint density at radius 3 is 2.30 bits per heavy atom. The molecule has 0 spiro atoms. The SMILES string of the molecule is CC(C)=CCN1CCC(NC2CCC(C)C(C)C2)CC1. The summed E-state index contributed by atoms with van der Waals surface area (Å²) < 4.78 is 0. The molecular formula is C18H34N2. The van der Waals surface area contributed by atoms with E-state index < -0.39 is 0 Å². The Labute approximate surface area is 126 Å². The molecule has 1 aliphatic heterocycles. The van der Waals surface area contributed by atoms with Gasteiger partial charge in [-0.3, -0.25) is 4.90 Å². The van der Waals surface area contributed by atoms with Crippen molar-refractivity contribution in [3.8, 4) is 0 Å². The predicted octanol–water partition coefficient (Wildman–Crippen LogP) is 3.83. The first-order valence-electron chi connectivity index (χ1n) is 8.66. The Bertz CT molecular complexity index is 311. The molecule has 116 valence electrons. The lowest BCUT2D eigenvalue weighted by Crippen LogP contribution is -2.47. The van der Waals surface area contributed by atoms with Gasteiger partial charge in [-0.2, -0.15) is 0 Å². The van der Waals surface area contributed by atoms with Crippen molar-refractivity contribution in [3.63, 3.8) is 0 Å². The highest BCUT2D eigenvalue weighted by Crippen LogP contribution is 2.30. The Balaban J connectivity index is 1.68. The number of piperidine rings is 1. The molecule has 2 fully saturated rings. The topological polar surface area (TPSA) is 15.3 Å². The Morgan fingerprint density at radius 2 is 1.70 bits per heavy atom. The summed E-state index contributed by atoms with van der Waals surface area (Å²) in [7, 11) is 0. The molecule has 0 bridgehead atoms. The molecule has 2 nitrogen and oxygen atoms in total. The molecule has 0 aromatic rings. The zero-order chi connectivity index (χ0) is 14.5. The lowest BCUT2D eigenvalue weighted by atomic mass is 9.79. The normalized spacial score (nSPS) is 33.1. The minimum atomic E-state index is 0.767. The molecule has 0 aromatic heterocycles. The smallest absolute Gasteiger partial charge is 0.0165 e. The van der Waals surface area contributed by atoms with Crippen molar-refractivity contribution in [2.75, 3.05) is 19.6 Å². The van der Waals surface area contributed by atoms with Crippen molar-refractivity contribution in [2.45, 2.75) is 71.9 Å². The first kappa shape index (κ1) is 16.0. The van der Waals surface area contributed by atoms with Crippen molar-refractivity contribution in [2.24, 2.45) is 11.8 Å². The largest absolute Gasteiger partial charge is 0.311 e. The van der Waals surface area contributed by atoms with Crippen LogP contribution in [0, 0.1) is 11.8 Å². The Morgan fingerprint density at radius 1 is 1.00 bits per heavy atom. The minimum absolute atomic E-state index is 0.767. The fourth-order valence-electron chi connectivity index (χ4n) is 3.63. The first-order chi connectivity index (χ1) is 9.54. The van der Waals surface area contributed by atoms with Gasteiger partial charge in [0.2, 0.25) is 0 Å². The summed E-state index contributed by atoms with van der Waals surface area (Å²) in [5, 5.41) is 3.95. The maximum atomic E-state index is 3.95. The highest BCUT2D eigenvalue weighted by atomic mass is 15.1. The van der Waals surface area contributed by atoms with E-state index in [4.69, 9.17) is 0 Å². The second-order valence-electron chi connectivity index (χ2n) is 7.49. The number of rotatable bonds is 4. The number of nitrogens with one attached hydrogen (secondary N) is 1. The van der Waals surface area contributed by atoms with Crippen LogP contribution < -0.4 is 5.32 Å². The summed E-state index contributed by atoms with van der Waals surface area (Å²) in [4.78, 5) is 2.59. The molecule has 1 N–H and O–H groups in total. The van der Waals surface area contributed by atoms with E-state index in [-0.39, 0.29) is 0 Å². The van der Waals surface area contributed by atoms with Crippen LogP contribution in [0.15, 0.2) is 11.6 Å². The molecule has 2 heteroatoms. The van der Waals surface area contributed by atoms with E-state index >= 15 is 0 Å². The van der Waals surface area contributed by atoms with Crippen LogP contribution in [0.5, 0.6) is 0 Å². The van der Waals surface area contributed by atoms with Gasteiger partial charge in [0.15, 0.2) is 0 Å². The van der Waals surface area contributed by atoms with Crippen LogP contribution in [-0.2, 0) is 0 Å². The summed E-state index contributed by atoms with van der Waals surface area (Å²) in [6.45, 7) is 12.9. The van der Waals surface area contributed by atoms with Gasteiger partial charge < -0.3 is 5.32 Å². The average molecular weight is 278 g/mol. The third-order valence-electron chi connectivity index (χ3n) is 5.41. The molecule has 3 atom stereocenters. The van der Waals surface area contributed by atoms with Gasteiger partial charge in [-0.15, -0.1) is 0 Å². The summed E-state index contributed by atoms with van der Waals surface area (Å²) in [5.74, 6) is 1.83. The molecule has 0 amide bonds. The van der Waals surface area contributed by atoms with Crippen LogP contribution in [-0.4, -0.2) is 36.6 Å². The van der Waals surface area contributed by atoms with Gasteiger partial charge in [-0.1, -0.05) is 25.5 Å². The lowest BCUT2D eigenvalue weighted by molar-refractivity contribution is 0.172. The maximum Gasteiger partial charge on any atom is 0.0165 e. The van der Waals surface area contributed by atoms with Crippen molar-refractivity contribution < 1.29 is 0 Å². The standard InChI is InChI=1S/C18H34N2/c1-14(2)7-10-20-11-8-17(9-12-20)19-18-6-5-15(3)16(4)13-18/h7,15-19H,5-6,8-13H2,1-4H3. The molecule has 0 radical (unpaired) electrons. The summed E-state index contributed by atoms with van der Waals surface area (Å²) in [5.41, 5.74) is 1.44. The minimum Gasteiger partial charge on any atom is -0.311 e. The van der Waals surface area contributed by atoms with Gasteiger partial charge >= 0.3 is 0 Å². The first-order valence-corrected chi connectivity index (χ1v) is 8.66. The molecule has 1 saturated heterocycles. The van der Waals surface area contributed by atoms with E-state index in [1.165, 1.54) is 50.8 Å². The predicted molar refractivity (Wildman–Crippen MR) is 88.0 cm³/mol. The lowest BCUT2D eigenvalue weighted by Gasteiger charge is -2.38. The van der Waals surface area contributed by atoms with E-state index in [1.54, 1.807) is 0 Å². The summed E-state index contributed by atoms with van der Waals surface area (Å²) >= 11 is 0. The van der Waals surface area contributed by atoms with Gasteiger partial charge in [-0.25, -0.2) is 0 Å². The van der Waals surface area contributed by atoms with Crippen LogP contribution in [0.3, 0.4) is 0 Å². The van der Waals surface area contributed by atoms with Gasteiger partial charge in [0, 0.05) is 18.6 Å². The number of likely N-dealkylation sites (tertiary alicyclic amines) is 1. The molecule has 1 aliphatic carbocycles. The van der Waals surface area contributed by atoms with Crippen LogP contribution >= 0.6 is 0 Å². The van der Waals surface area contributed by atoms with Gasteiger partial charge in [-0.05, 0) is 70.9 Å². The molecule has 1 heterocycles. The van der Waals surface area contributed by atoms with Gasteiger partial charge in [0.1, 0.15) is 0 Å². The fourth-order valence-corrected chi connectivity index (χ4v) is 3.63. The molecule has 3 unspecified atom stereocenters. The van der Waals surface area contributed by atoms with Crippen molar-refractivity contribution in [1.82, 2.24) is 10.2 Å².